The molecule has 23 heavy (non-hydrogen) atoms. The maximum absolute atomic E-state index is 5.66. The number of hydrogen-bond acceptors (Lipinski definition) is 2. The Balaban J connectivity index is 1.75. The molecule has 3 aromatic carbocycles. The average Bonchev–Trinajstić information content (AvgIpc) is 2.60. The van der Waals surface area contributed by atoms with Gasteiger partial charge in [0.2, 0.25) is 0 Å². The Labute approximate surface area is 138 Å². The van der Waals surface area contributed by atoms with Crippen LogP contribution in [0.25, 0.3) is 21.5 Å². The van der Waals surface area contributed by atoms with Gasteiger partial charge in [-0.05, 0) is 52.9 Å². The molecule has 0 heterocycles. The van der Waals surface area contributed by atoms with Crippen molar-refractivity contribution >= 4 is 21.5 Å². The molecule has 0 bridgehead atoms. The summed E-state index contributed by atoms with van der Waals surface area (Å²) in [4.78, 5) is 0. The van der Waals surface area contributed by atoms with Gasteiger partial charge in [-0.1, -0.05) is 48.5 Å². The van der Waals surface area contributed by atoms with E-state index in [9.17, 15) is 0 Å². The standard InChI is InChI=1S/C21H24O2/c1-2-22-14-15-23-13-7-12-21-19-10-5-3-8-17(19)16-18-9-4-6-11-20(18)21/h3-6,8-11,16H,2,7,12-15H2,1H3. The van der Waals surface area contributed by atoms with Crippen molar-refractivity contribution in [3.63, 3.8) is 0 Å². The first-order valence-electron chi connectivity index (χ1n) is 8.45. The topological polar surface area (TPSA) is 18.5 Å². The van der Waals surface area contributed by atoms with Crippen molar-refractivity contribution in [1.82, 2.24) is 0 Å². The molecule has 0 aliphatic rings. The molecule has 3 rings (SSSR count). The van der Waals surface area contributed by atoms with Crippen LogP contribution in [0.3, 0.4) is 0 Å². The van der Waals surface area contributed by atoms with Crippen LogP contribution in [-0.2, 0) is 15.9 Å². The molecule has 3 aromatic rings. The van der Waals surface area contributed by atoms with E-state index >= 15 is 0 Å². The number of benzene rings is 3. The second-order valence-corrected chi connectivity index (χ2v) is 5.71. The van der Waals surface area contributed by atoms with Crippen molar-refractivity contribution in [1.29, 1.82) is 0 Å². The lowest BCUT2D eigenvalue weighted by atomic mass is 9.94. The first-order chi connectivity index (χ1) is 11.4. The predicted molar refractivity (Wildman–Crippen MR) is 97.1 cm³/mol. The summed E-state index contributed by atoms with van der Waals surface area (Å²) < 4.78 is 10.9. The van der Waals surface area contributed by atoms with E-state index in [1.165, 1.54) is 27.1 Å². The van der Waals surface area contributed by atoms with E-state index in [1.807, 2.05) is 6.92 Å². The summed E-state index contributed by atoms with van der Waals surface area (Å²) >= 11 is 0. The van der Waals surface area contributed by atoms with Gasteiger partial charge in [0.05, 0.1) is 13.2 Å². The number of aryl methyl sites for hydroxylation is 1. The summed E-state index contributed by atoms with van der Waals surface area (Å²) in [6, 6.07) is 19.6. The second kappa shape index (κ2) is 8.09. The highest BCUT2D eigenvalue weighted by Crippen LogP contribution is 2.29. The van der Waals surface area contributed by atoms with Gasteiger partial charge in [-0.25, -0.2) is 0 Å². The molecule has 0 radical (unpaired) electrons. The van der Waals surface area contributed by atoms with E-state index in [-0.39, 0.29) is 0 Å². The van der Waals surface area contributed by atoms with E-state index in [2.05, 4.69) is 54.6 Å². The molecule has 0 saturated carbocycles. The second-order valence-electron chi connectivity index (χ2n) is 5.71. The maximum Gasteiger partial charge on any atom is 0.0700 e. The van der Waals surface area contributed by atoms with Crippen molar-refractivity contribution in [3.05, 3.63) is 60.2 Å². The Morgan fingerprint density at radius 2 is 1.35 bits per heavy atom. The van der Waals surface area contributed by atoms with Crippen LogP contribution < -0.4 is 0 Å². The lowest BCUT2D eigenvalue weighted by molar-refractivity contribution is 0.0520. The van der Waals surface area contributed by atoms with Gasteiger partial charge in [0.1, 0.15) is 0 Å². The van der Waals surface area contributed by atoms with Crippen LogP contribution in [0.1, 0.15) is 18.9 Å². The first-order valence-corrected chi connectivity index (χ1v) is 8.45. The SMILES string of the molecule is CCOCCOCCCc1c2ccccc2cc2ccccc12. The van der Waals surface area contributed by atoms with Crippen LogP contribution in [0.4, 0.5) is 0 Å². The van der Waals surface area contributed by atoms with Crippen molar-refractivity contribution in [2.75, 3.05) is 26.4 Å². The van der Waals surface area contributed by atoms with Gasteiger partial charge in [-0.15, -0.1) is 0 Å². The van der Waals surface area contributed by atoms with Gasteiger partial charge in [0.15, 0.2) is 0 Å². The molecule has 0 amide bonds. The first kappa shape index (κ1) is 16.0. The Hall–Kier alpha value is -1.90. The smallest absolute Gasteiger partial charge is 0.0700 e. The van der Waals surface area contributed by atoms with Crippen LogP contribution in [-0.4, -0.2) is 26.4 Å². The molecule has 120 valence electrons. The van der Waals surface area contributed by atoms with Crippen molar-refractivity contribution < 1.29 is 9.47 Å². The molecule has 0 aromatic heterocycles. The summed E-state index contributed by atoms with van der Waals surface area (Å²) in [5.41, 5.74) is 1.44. The molecule has 0 aliphatic carbocycles. The van der Waals surface area contributed by atoms with Gasteiger partial charge in [-0.3, -0.25) is 0 Å². The monoisotopic (exact) mass is 308 g/mol. The zero-order valence-corrected chi connectivity index (χ0v) is 13.8. The quantitative estimate of drug-likeness (QED) is 0.431. The highest BCUT2D eigenvalue weighted by atomic mass is 16.5. The Morgan fingerprint density at radius 1 is 0.739 bits per heavy atom. The molecule has 0 aliphatic heterocycles. The van der Waals surface area contributed by atoms with E-state index in [0.29, 0.717) is 13.2 Å². The molecule has 0 N–H and O–H groups in total. The largest absolute Gasteiger partial charge is 0.379 e. The minimum Gasteiger partial charge on any atom is -0.379 e. The Morgan fingerprint density at radius 3 is 2.00 bits per heavy atom. The molecule has 2 nitrogen and oxygen atoms in total. The zero-order valence-electron chi connectivity index (χ0n) is 13.8. The summed E-state index contributed by atoms with van der Waals surface area (Å²) in [7, 11) is 0. The van der Waals surface area contributed by atoms with Crippen LogP contribution in [0.5, 0.6) is 0 Å². The maximum atomic E-state index is 5.66. The molecule has 0 spiro atoms. The molecule has 0 fully saturated rings. The van der Waals surface area contributed by atoms with E-state index < -0.39 is 0 Å². The van der Waals surface area contributed by atoms with Gasteiger partial charge < -0.3 is 9.47 Å². The molecule has 0 atom stereocenters. The highest BCUT2D eigenvalue weighted by molar-refractivity contribution is 6.02. The Kier molecular flexibility index (Phi) is 5.62. The summed E-state index contributed by atoms with van der Waals surface area (Å²) in [6.07, 6.45) is 2.07. The lowest BCUT2D eigenvalue weighted by Gasteiger charge is -2.12. The number of ether oxygens (including phenoxy) is 2. The average molecular weight is 308 g/mol. The van der Waals surface area contributed by atoms with Crippen molar-refractivity contribution in [2.45, 2.75) is 19.8 Å². The third kappa shape index (κ3) is 3.90. The molecule has 2 heteroatoms. The Bertz CT molecular complexity index is 710. The third-order valence-electron chi connectivity index (χ3n) is 4.17. The predicted octanol–water partition coefficient (Wildman–Crippen LogP) is 4.98. The molecule has 0 unspecified atom stereocenters. The number of rotatable bonds is 8. The minimum atomic E-state index is 0.685. The minimum absolute atomic E-state index is 0.685. The van der Waals surface area contributed by atoms with E-state index in [4.69, 9.17) is 9.47 Å². The van der Waals surface area contributed by atoms with Gasteiger partial charge in [-0.2, -0.15) is 0 Å². The fourth-order valence-electron chi connectivity index (χ4n) is 3.09. The molecule has 0 saturated heterocycles. The molecular weight excluding hydrogens is 284 g/mol. The van der Waals surface area contributed by atoms with Gasteiger partial charge in [0.25, 0.3) is 0 Å². The zero-order chi connectivity index (χ0) is 15.9. The van der Waals surface area contributed by atoms with Gasteiger partial charge >= 0.3 is 0 Å². The third-order valence-corrected chi connectivity index (χ3v) is 4.17. The fraction of sp³-hybridized carbons (Fsp3) is 0.333. The summed E-state index contributed by atoms with van der Waals surface area (Å²) in [5, 5.41) is 5.36. The lowest BCUT2D eigenvalue weighted by Crippen LogP contribution is -2.05. The van der Waals surface area contributed by atoms with Crippen LogP contribution in [0, 0.1) is 0 Å². The van der Waals surface area contributed by atoms with E-state index in [1.54, 1.807) is 0 Å². The molecular formula is C21H24O2. The van der Waals surface area contributed by atoms with Crippen LogP contribution in [0.15, 0.2) is 54.6 Å². The number of fused-ring (bicyclic) bond motifs is 2. The normalized spacial score (nSPS) is 11.3. The van der Waals surface area contributed by atoms with Gasteiger partial charge in [0, 0.05) is 13.2 Å². The summed E-state index contributed by atoms with van der Waals surface area (Å²) in [5.74, 6) is 0. The van der Waals surface area contributed by atoms with E-state index in [0.717, 1.165) is 26.1 Å². The van der Waals surface area contributed by atoms with Crippen molar-refractivity contribution in [2.24, 2.45) is 0 Å². The fourth-order valence-corrected chi connectivity index (χ4v) is 3.09. The van der Waals surface area contributed by atoms with Crippen LogP contribution >= 0.6 is 0 Å². The number of hydrogen-bond donors (Lipinski definition) is 0. The summed E-state index contributed by atoms with van der Waals surface area (Å²) in [6.45, 7) is 4.92. The van der Waals surface area contributed by atoms with Crippen molar-refractivity contribution in [3.8, 4) is 0 Å². The van der Waals surface area contributed by atoms with Crippen LogP contribution in [0.2, 0.25) is 0 Å². The highest BCUT2D eigenvalue weighted by Gasteiger charge is 2.07.